The number of benzene rings is 2. The van der Waals surface area contributed by atoms with Gasteiger partial charge in [-0.3, -0.25) is 4.79 Å². The van der Waals surface area contributed by atoms with Crippen molar-refractivity contribution in [1.82, 2.24) is 15.0 Å². The number of aliphatic hydroxyl groups excluding tert-OH is 1. The second kappa shape index (κ2) is 10.8. The molecule has 0 spiro atoms. The number of ether oxygens (including phenoxy) is 1. The van der Waals surface area contributed by atoms with Crippen LogP contribution in [-0.2, 0) is 13.5 Å². The van der Waals surface area contributed by atoms with E-state index in [1.807, 2.05) is 58.2 Å². The third-order valence-electron chi connectivity index (χ3n) is 6.31. The number of carbonyl (C=O) groups excluding carboxylic acids is 1. The number of rotatable bonds is 10. The van der Waals surface area contributed by atoms with E-state index in [2.05, 4.69) is 33.4 Å². The maximum atomic E-state index is 13.4. The minimum absolute atomic E-state index is 0.148. The Morgan fingerprint density at radius 3 is 2.74 bits per heavy atom. The van der Waals surface area contributed by atoms with Crippen molar-refractivity contribution in [2.24, 2.45) is 7.05 Å². The van der Waals surface area contributed by atoms with E-state index in [1.165, 1.54) is 16.5 Å². The molecule has 0 radical (unpaired) electrons. The van der Waals surface area contributed by atoms with Crippen LogP contribution in [0.3, 0.4) is 0 Å². The van der Waals surface area contributed by atoms with E-state index in [-0.39, 0.29) is 18.6 Å². The van der Waals surface area contributed by atoms with Crippen LogP contribution in [0.1, 0.15) is 47.1 Å². The Balaban J connectivity index is 1.54. The highest BCUT2D eigenvalue weighted by atomic mass is 16.5. The summed E-state index contributed by atoms with van der Waals surface area (Å²) in [5.74, 6) is 0.937. The normalized spacial score (nSPS) is 12.1. The molecular formula is C28H33N3O4. The van der Waals surface area contributed by atoms with Crippen LogP contribution in [0, 0.1) is 13.8 Å². The molecule has 2 N–H and O–H groups in total. The first-order valence-corrected chi connectivity index (χ1v) is 12.1. The number of para-hydroxylation sites is 1. The maximum Gasteiger partial charge on any atom is 0.255 e. The van der Waals surface area contributed by atoms with Gasteiger partial charge < -0.3 is 24.3 Å². The van der Waals surface area contributed by atoms with E-state index in [1.54, 1.807) is 0 Å². The zero-order chi connectivity index (χ0) is 24.9. The summed E-state index contributed by atoms with van der Waals surface area (Å²) in [6.45, 7) is 6.11. The molecule has 0 unspecified atom stereocenters. The molecule has 1 atom stereocenters. The smallest absolute Gasteiger partial charge is 0.255 e. The number of hydrogen-bond acceptors (Lipinski definition) is 5. The van der Waals surface area contributed by atoms with Crippen molar-refractivity contribution in [2.75, 3.05) is 13.2 Å². The van der Waals surface area contributed by atoms with Crippen molar-refractivity contribution in [3.05, 3.63) is 71.2 Å². The van der Waals surface area contributed by atoms with E-state index in [0.29, 0.717) is 30.1 Å². The molecule has 0 aliphatic rings. The summed E-state index contributed by atoms with van der Waals surface area (Å²) in [5.41, 5.74) is 5.27. The molecule has 184 valence electrons. The molecule has 7 nitrogen and oxygen atoms in total. The van der Waals surface area contributed by atoms with E-state index >= 15 is 0 Å². The van der Waals surface area contributed by atoms with Crippen LogP contribution in [0.4, 0.5) is 0 Å². The van der Waals surface area contributed by atoms with Gasteiger partial charge in [0.15, 0.2) is 0 Å². The second-order valence-corrected chi connectivity index (χ2v) is 8.93. The van der Waals surface area contributed by atoms with E-state index in [4.69, 9.17) is 9.26 Å². The molecule has 2 heterocycles. The summed E-state index contributed by atoms with van der Waals surface area (Å²) < 4.78 is 13.3. The summed E-state index contributed by atoms with van der Waals surface area (Å²) in [4.78, 5) is 13.4. The average Bonchev–Trinajstić information content (AvgIpc) is 3.38. The van der Waals surface area contributed by atoms with Crippen molar-refractivity contribution in [3.63, 3.8) is 0 Å². The molecule has 0 saturated heterocycles. The predicted octanol–water partition coefficient (Wildman–Crippen LogP) is 4.96. The monoisotopic (exact) mass is 475 g/mol. The zero-order valence-electron chi connectivity index (χ0n) is 20.8. The number of nitrogens with one attached hydrogen (secondary N) is 1. The molecule has 0 saturated carbocycles. The lowest BCUT2D eigenvalue weighted by molar-refractivity contribution is 0.0909. The molecule has 0 bridgehead atoms. The molecule has 0 aliphatic carbocycles. The van der Waals surface area contributed by atoms with Gasteiger partial charge >= 0.3 is 0 Å². The fourth-order valence-corrected chi connectivity index (χ4v) is 4.52. The SMILES string of the molecule is CCCOc1ccc(-c2c(C)noc2C)cc1C(=O)N[C@@H](CO)CCc1cn(C)c2ccccc12. The highest BCUT2D eigenvalue weighted by Crippen LogP contribution is 2.31. The molecule has 4 rings (SSSR count). The summed E-state index contributed by atoms with van der Waals surface area (Å²) in [5, 5.41) is 18.3. The van der Waals surface area contributed by atoms with Gasteiger partial charge in [-0.25, -0.2) is 0 Å². The Labute approximate surface area is 205 Å². The Morgan fingerprint density at radius 2 is 2.03 bits per heavy atom. The third-order valence-corrected chi connectivity index (χ3v) is 6.31. The fraction of sp³-hybridized carbons (Fsp3) is 0.357. The van der Waals surface area contributed by atoms with Gasteiger partial charge in [-0.05, 0) is 62.4 Å². The van der Waals surface area contributed by atoms with E-state index < -0.39 is 0 Å². The predicted molar refractivity (Wildman–Crippen MR) is 137 cm³/mol. The maximum absolute atomic E-state index is 13.4. The van der Waals surface area contributed by atoms with Gasteiger partial charge in [0, 0.05) is 29.7 Å². The zero-order valence-corrected chi connectivity index (χ0v) is 20.8. The van der Waals surface area contributed by atoms with Crippen molar-refractivity contribution in [2.45, 2.75) is 46.1 Å². The van der Waals surface area contributed by atoms with Gasteiger partial charge in [-0.2, -0.15) is 0 Å². The second-order valence-electron chi connectivity index (χ2n) is 8.93. The van der Waals surface area contributed by atoms with Crippen LogP contribution >= 0.6 is 0 Å². The summed E-state index contributed by atoms with van der Waals surface area (Å²) in [7, 11) is 2.03. The highest BCUT2D eigenvalue weighted by Gasteiger charge is 2.21. The van der Waals surface area contributed by atoms with Gasteiger partial charge in [-0.1, -0.05) is 36.3 Å². The van der Waals surface area contributed by atoms with Gasteiger partial charge in [0.05, 0.1) is 30.5 Å². The average molecular weight is 476 g/mol. The summed E-state index contributed by atoms with van der Waals surface area (Å²) >= 11 is 0. The van der Waals surface area contributed by atoms with Gasteiger partial charge in [0.1, 0.15) is 11.5 Å². The topological polar surface area (TPSA) is 89.5 Å². The molecule has 7 heteroatoms. The van der Waals surface area contributed by atoms with Gasteiger partial charge in [-0.15, -0.1) is 0 Å². The van der Waals surface area contributed by atoms with Crippen LogP contribution in [0.15, 0.2) is 53.2 Å². The number of hydrogen-bond donors (Lipinski definition) is 2. The standard InChI is InChI=1S/C28H33N3O4/c1-5-14-34-26-13-11-20(27-18(2)30-35-19(27)3)15-24(26)28(33)29-22(17-32)12-10-21-16-31(4)25-9-7-6-8-23(21)25/h6-9,11,13,15-16,22,32H,5,10,12,14,17H2,1-4H3,(H,29,33)/t22-/m1/s1. The molecule has 0 aliphatic heterocycles. The van der Waals surface area contributed by atoms with Gasteiger partial charge in [0.2, 0.25) is 0 Å². The summed E-state index contributed by atoms with van der Waals surface area (Å²) in [6.07, 6.45) is 4.30. The van der Waals surface area contributed by atoms with Crippen LogP contribution in [-0.4, -0.2) is 40.0 Å². The first-order chi connectivity index (χ1) is 16.9. The van der Waals surface area contributed by atoms with E-state index in [0.717, 1.165) is 29.7 Å². The number of nitrogens with zero attached hydrogens (tertiary/aromatic N) is 2. The van der Waals surface area contributed by atoms with Crippen molar-refractivity contribution in [3.8, 4) is 16.9 Å². The Kier molecular flexibility index (Phi) is 7.56. The fourth-order valence-electron chi connectivity index (χ4n) is 4.52. The molecule has 35 heavy (non-hydrogen) atoms. The van der Waals surface area contributed by atoms with Crippen molar-refractivity contribution in [1.29, 1.82) is 0 Å². The molecule has 2 aromatic heterocycles. The Morgan fingerprint density at radius 1 is 1.23 bits per heavy atom. The van der Waals surface area contributed by atoms with Crippen LogP contribution in [0.25, 0.3) is 22.0 Å². The molecular weight excluding hydrogens is 442 g/mol. The van der Waals surface area contributed by atoms with Crippen molar-refractivity contribution >= 4 is 16.8 Å². The van der Waals surface area contributed by atoms with Crippen molar-refractivity contribution < 1.29 is 19.2 Å². The molecule has 4 aromatic rings. The minimum atomic E-state index is -0.386. The lowest BCUT2D eigenvalue weighted by Gasteiger charge is -2.18. The van der Waals surface area contributed by atoms with Crippen LogP contribution in [0.2, 0.25) is 0 Å². The number of carbonyl (C=O) groups is 1. The number of aromatic nitrogens is 2. The van der Waals surface area contributed by atoms with Gasteiger partial charge in [0.25, 0.3) is 5.91 Å². The first kappa shape index (κ1) is 24.5. The number of amides is 1. The van der Waals surface area contributed by atoms with Crippen LogP contribution in [0.5, 0.6) is 5.75 Å². The lowest BCUT2D eigenvalue weighted by Crippen LogP contribution is -2.38. The molecule has 1 amide bonds. The Hall–Kier alpha value is -3.58. The molecule has 0 fully saturated rings. The van der Waals surface area contributed by atoms with Crippen LogP contribution < -0.4 is 10.1 Å². The highest BCUT2D eigenvalue weighted by molar-refractivity contribution is 5.98. The first-order valence-electron chi connectivity index (χ1n) is 12.1. The lowest BCUT2D eigenvalue weighted by atomic mass is 10.00. The number of aryl methyl sites for hydroxylation is 4. The minimum Gasteiger partial charge on any atom is -0.493 e. The van der Waals surface area contributed by atoms with E-state index in [9.17, 15) is 9.90 Å². The summed E-state index contributed by atoms with van der Waals surface area (Å²) in [6, 6.07) is 13.4. The number of aliphatic hydroxyl groups is 1. The quantitative estimate of drug-likeness (QED) is 0.338. The largest absolute Gasteiger partial charge is 0.493 e. The molecule has 2 aromatic carbocycles. The third kappa shape index (κ3) is 5.25. The Bertz CT molecular complexity index is 1300. The number of fused-ring (bicyclic) bond motifs is 1.